The van der Waals surface area contributed by atoms with Gasteiger partial charge in [-0.2, -0.15) is 8.78 Å². The van der Waals surface area contributed by atoms with Crippen LogP contribution in [0, 0.1) is 0 Å². The maximum Gasteiger partial charge on any atom is 0.387 e. The Hall–Kier alpha value is -2.69. The van der Waals surface area contributed by atoms with Crippen molar-refractivity contribution >= 4 is 35.0 Å². The second-order valence-corrected chi connectivity index (χ2v) is 7.58. The summed E-state index contributed by atoms with van der Waals surface area (Å²) in [6, 6.07) is 12.9. The van der Waals surface area contributed by atoms with Gasteiger partial charge in [0.25, 0.3) is 0 Å². The fraction of sp³-hybridized carbons (Fsp3) is 0.250. The molecule has 1 amide bonds. The van der Waals surface area contributed by atoms with Crippen LogP contribution in [0.4, 0.5) is 14.5 Å². The van der Waals surface area contributed by atoms with Gasteiger partial charge in [0.15, 0.2) is 11.0 Å². The third kappa shape index (κ3) is 6.65. The first-order valence-electron chi connectivity index (χ1n) is 9.12. The van der Waals surface area contributed by atoms with E-state index in [9.17, 15) is 13.6 Å². The number of thioether (sulfide) groups is 1. The van der Waals surface area contributed by atoms with E-state index in [4.69, 9.17) is 16.3 Å². The van der Waals surface area contributed by atoms with Gasteiger partial charge >= 0.3 is 6.61 Å². The van der Waals surface area contributed by atoms with Crippen LogP contribution in [0.15, 0.2) is 53.7 Å². The van der Waals surface area contributed by atoms with Crippen molar-refractivity contribution in [2.75, 3.05) is 24.8 Å². The summed E-state index contributed by atoms with van der Waals surface area (Å²) in [4.78, 5) is 12.3. The van der Waals surface area contributed by atoms with E-state index in [0.29, 0.717) is 34.8 Å². The van der Waals surface area contributed by atoms with Crippen LogP contribution >= 0.6 is 23.4 Å². The van der Waals surface area contributed by atoms with Crippen molar-refractivity contribution < 1.29 is 23.0 Å². The lowest BCUT2D eigenvalue weighted by Gasteiger charge is -2.10. The smallest absolute Gasteiger partial charge is 0.387 e. The fourth-order valence-electron chi connectivity index (χ4n) is 2.64. The average molecular weight is 469 g/mol. The summed E-state index contributed by atoms with van der Waals surface area (Å²) < 4.78 is 35.8. The van der Waals surface area contributed by atoms with Gasteiger partial charge in [-0.3, -0.25) is 9.36 Å². The molecule has 0 bridgehead atoms. The van der Waals surface area contributed by atoms with Crippen LogP contribution in [0.5, 0.6) is 5.75 Å². The molecule has 3 aromatic rings. The van der Waals surface area contributed by atoms with Crippen LogP contribution in [-0.2, 0) is 16.1 Å². The van der Waals surface area contributed by atoms with Crippen molar-refractivity contribution in [3.05, 3.63) is 53.6 Å². The molecule has 0 saturated heterocycles. The molecular formula is C20H19ClF2N4O3S. The number of anilines is 1. The topological polar surface area (TPSA) is 78.3 Å². The molecule has 7 nitrogen and oxygen atoms in total. The molecule has 2 aromatic carbocycles. The fourth-order valence-corrected chi connectivity index (χ4v) is 3.53. The van der Waals surface area contributed by atoms with E-state index in [1.54, 1.807) is 19.2 Å². The van der Waals surface area contributed by atoms with E-state index in [1.807, 2.05) is 16.7 Å². The number of amides is 1. The summed E-state index contributed by atoms with van der Waals surface area (Å²) in [7, 11) is 1.60. The molecule has 0 spiro atoms. The summed E-state index contributed by atoms with van der Waals surface area (Å²) in [6.07, 6.45) is 0. The molecule has 11 heteroatoms. The average Bonchev–Trinajstić information content (AvgIpc) is 3.15. The molecule has 0 atom stereocenters. The minimum atomic E-state index is -2.90. The quantitative estimate of drug-likeness (QED) is 0.439. The molecule has 3 rings (SSSR count). The maximum atomic E-state index is 12.3. The Morgan fingerprint density at radius 2 is 1.87 bits per heavy atom. The Balaban J connectivity index is 1.65. The van der Waals surface area contributed by atoms with Gasteiger partial charge in [0.1, 0.15) is 5.75 Å². The van der Waals surface area contributed by atoms with Gasteiger partial charge in [0, 0.05) is 23.4 Å². The third-order valence-electron chi connectivity index (χ3n) is 4.03. The number of nitrogens with one attached hydrogen (secondary N) is 1. The van der Waals surface area contributed by atoms with Gasteiger partial charge in [-0.1, -0.05) is 23.4 Å². The monoisotopic (exact) mass is 468 g/mol. The van der Waals surface area contributed by atoms with Gasteiger partial charge in [-0.25, -0.2) is 0 Å². The molecule has 1 N–H and O–H groups in total. The van der Waals surface area contributed by atoms with E-state index in [0.717, 1.165) is 5.56 Å². The van der Waals surface area contributed by atoms with Crippen LogP contribution in [0.1, 0.15) is 0 Å². The lowest BCUT2D eigenvalue weighted by Crippen LogP contribution is -2.15. The van der Waals surface area contributed by atoms with Crippen LogP contribution in [-0.4, -0.2) is 46.8 Å². The highest BCUT2D eigenvalue weighted by Crippen LogP contribution is 2.25. The number of benzene rings is 2. The molecule has 0 fully saturated rings. The first-order chi connectivity index (χ1) is 15.0. The summed E-state index contributed by atoms with van der Waals surface area (Å²) in [5.74, 6) is 0.470. The zero-order valence-electron chi connectivity index (χ0n) is 16.4. The minimum absolute atomic E-state index is 0.0170. The summed E-state index contributed by atoms with van der Waals surface area (Å²) in [5, 5.41) is 12.3. The Morgan fingerprint density at radius 1 is 1.16 bits per heavy atom. The summed E-state index contributed by atoms with van der Waals surface area (Å²) in [6.45, 7) is -1.94. The Kier molecular flexibility index (Phi) is 8.21. The number of alkyl halides is 2. The van der Waals surface area contributed by atoms with Crippen molar-refractivity contribution in [1.82, 2.24) is 14.8 Å². The maximum absolute atomic E-state index is 12.3. The van der Waals surface area contributed by atoms with Gasteiger partial charge in [0.05, 0.1) is 18.9 Å². The first-order valence-corrected chi connectivity index (χ1v) is 10.5. The highest BCUT2D eigenvalue weighted by molar-refractivity contribution is 7.99. The molecule has 0 saturated carbocycles. The number of carbonyl (C=O) groups excluding carboxylic acids is 1. The van der Waals surface area contributed by atoms with Crippen molar-refractivity contribution in [2.45, 2.75) is 18.3 Å². The lowest BCUT2D eigenvalue weighted by atomic mass is 10.2. The molecule has 0 aliphatic heterocycles. The van der Waals surface area contributed by atoms with Gasteiger partial charge in [-0.15, -0.1) is 10.2 Å². The molecule has 164 valence electrons. The molecular weight excluding hydrogens is 450 g/mol. The number of nitrogens with zero attached hydrogens (tertiary/aromatic N) is 3. The van der Waals surface area contributed by atoms with Gasteiger partial charge < -0.3 is 14.8 Å². The summed E-state index contributed by atoms with van der Waals surface area (Å²) in [5.41, 5.74) is 1.31. The van der Waals surface area contributed by atoms with E-state index >= 15 is 0 Å². The van der Waals surface area contributed by atoms with Crippen LogP contribution < -0.4 is 10.1 Å². The Morgan fingerprint density at radius 3 is 2.52 bits per heavy atom. The molecule has 31 heavy (non-hydrogen) atoms. The Labute approximate surface area is 186 Å². The second kappa shape index (κ2) is 11.1. The number of methoxy groups -OCH3 is 1. The number of aromatic nitrogens is 3. The SMILES string of the molecule is COCCn1c(SCC(=O)Nc2ccc(OC(F)F)cc2)nnc1-c1ccc(Cl)cc1. The number of ether oxygens (including phenoxy) is 2. The number of halogens is 3. The van der Waals surface area contributed by atoms with Crippen molar-refractivity contribution in [2.24, 2.45) is 0 Å². The van der Waals surface area contributed by atoms with Crippen molar-refractivity contribution in [1.29, 1.82) is 0 Å². The molecule has 0 unspecified atom stereocenters. The Bertz CT molecular complexity index is 1000. The van der Waals surface area contributed by atoms with E-state index in [2.05, 4.69) is 20.3 Å². The van der Waals surface area contributed by atoms with Crippen molar-refractivity contribution in [3.63, 3.8) is 0 Å². The minimum Gasteiger partial charge on any atom is -0.435 e. The van der Waals surface area contributed by atoms with Crippen LogP contribution in [0.3, 0.4) is 0 Å². The van der Waals surface area contributed by atoms with E-state index in [1.165, 1.54) is 36.0 Å². The largest absolute Gasteiger partial charge is 0.435 e. The zero-order chi connectivity index (χ0) is 22.2. The van der Waals surface area contributed by atoms with Gasteiger partial charge in [-0.05, 0) is 48.5 Å². The van der Waals surface area contributed by atoms with Crippen LogP contribution in [0.25, 0.3) is 11.4 Å². The molecule has 1 aromatic heterocycles. The zero-order valence-corrected chi connectivity index (χ0v) is 18.0. The molecule has 0 aliphatic rings. The predicted molar refractivity (Wildman–Crippen MR) is 115 cm³/mol. The number of hydrogen-bond donors (Lipinski definition) is 1. The number of rotatable bonds is 10. The molecule has 1 heterocycles. The second-order valence-electron chi connectivity index (χ2n) is 6.20. The highest BCUT2D eigenvalue weighted by atomic mass is 35.5. The standard InChI is InChI=1S/C20H19ClF2N4O3S/c1-29-11-10-27-18(13-2-4-14(21)5-3-13)25-26-20(27)31-12-17(28)24-15-6-8-16(9-7-15)30-19(22)23/h2-9,19H,10-12H2,1H3,(H,24,28). The first kappa shape index (κ1) is 23.0. The molecule has 0 radical (unpaired) electrons. The van der Waals surface area contributed by atoms with E-state index < -0.39 is 6.61 Å². The lowest BCUT2D eigenvalue weighted by molar-refractivity contribution is -0.113. The number of hydrogen-bond acceptors (Lipinski definition) is 6. The summed E-state index contributed by atoms with van der Waals surface area (Å²) >= 11 is 7.18. The normalized spacial score (nSPS) is 11.0. The van der Waals surface area contributed by atoms with Gasteiger partial charge in [0.2, 0.25) is 5.91 Å². The third-order valence-corrected chi connectivity index (χ3v) is 5.25. The predicted octanol–water partition coefficient (Wildman–Crippen LogP) is 4.58. The number of carbonyl (C=O) groups is 1. The van der Waals surface area contributed by atoms with Crippen LogP contribution in [0.2, 0.25) is 5.02 Å². The van der Waals surface area contributed by atoms with E-state index in [-0.39, 0.29) is 17.4 Å². The highest BCUT2D eigenvalue weighted by Gasteiger charge is 2.16. The molecule has 0 aliphatic carbocycles. The van der Waals surface area contributed by atoms with Crippen molar-refractivity contribution in [3.8, 4) is 17.1 Å².